The summed E-state index contributed by atoms with van der Waals surface area (Å²) in [5, 5.41) is 6.53. The molecule has 14 heavy (non-hydrogen) atoms. The van der Waals surface area contributed by atoms with Crippen molar-refractivity contribution in [2.24, 2.45) is 12.8 Å². The van der Waals surface area contributed by atoms with Crippen molar-refractivity contribution in [1.82, 2.24) is 9.78 Å². The van der Waals surface area contributed by atoms with Crippen molar-refractivity contribution in [3.8, 4) is 10.6 Å². The van der Waals surface area contributed by atoms with Gasteiger partial charge in [-0.2, -0.15) is 5.10 Å². The first-order chi connectivity index (χ1) is 6.74. The zero-order valence-corrected chi connectivity index (χ0v) is 9.14. The first-order valence-corrected chi connectivity index (χ1v) is 5.38. The fraction of sp³-hybridized carbons (Fsp3) is 0.300. The standard InChI is InChI=1S/C10H13N3S/c1-7-8(6-11)13(2)12-10(7)9-4-3-5-14-9/h3-5H,6,11H2,1-2H3. The molecular weight excluding hydrogens is 194 g/mol. The quantitative estimate of drug-likeness (QED) is 0.817. The molecule has 0 fully saturated rings. The Kier molecular flexibility index (Phi) is 2.39. The molecule has 3 nitrogen and oxygen atoms in total. The van der Waals surface area contributed by atoms with E-state index in [9.17, 15) is 0 Å². The summed E-state index contributed by atoms with van der Waals surface area (Å²) in [6.07, 6.45) is 0. The lowest BCUT2D eigenvalue weighted by atomic mass is 10.2. The van der Waals surface area contributed by atoms with E-state index in [4.69, 9.17) is 5.73 Å². The molecule has 0 spiro atoms. The van der Waals surface area contributed by atoms with Crippen LogP contribution in [0.5, 0.6) is 0 Å². The van der Waals surface area contributed by atoms with Gasteiger partial charge in [0.25, 0.3) is 0 Å². The van der Waals surface area contributed by atoms with Crippen LogP contribution in [0.1, 0.15) is 11.3 Å². The minimum Gasteiger partial charge on any atom is -0.325 e. The Balaban J connectivity index is 2.55. The Morgan fingerprint density at radius 1 is 1.57 bits per heavy atom. The predicted molar refractivity (Wildman–Crippen MR) is 59.1 cm³/mol. The third-order valence-electron chi connectivity index (χ3n) is 2.38. The van der Waals surface area contributed by atoms with Gasteiger partial charge < -0.3 is 5.73 Å². The summed E-state index contributed by atoms with van der Waals surface area (Å²) in [5.74, 6) is 0. The molecule has 0 atom stereocenters. The van der Waals surface area contributed by atoms with Crippen molar-refractivity contribution < 1.29 is 0 Å². The molecule has 4 heteroatoms. The fourth-order valence-corrected chi connectivity index (χ4v) is 2.36. The molecule has 0 aromatic carbocycles. The van der Waals surface area contributed by atoms with E-state index < -0.39 is 0 Å². The van der Waals surface area contributed by atoms with Crippen molar-refractivity contribution in [3.63, 3.8) is 0 Å². The number of aryl methyl sites for hydroxylation is 1. The molecule has 0 amide bonds. The molecule has 2 heterocycles. The van der Waals surface area contributed by atoms with Gasteiger partial charge in [-0.05, 0) is 18.4 Å². The van der Waals surface area contributed by atoms with Crippen LogP contribution in [0.4, 0.5) is 0 Å². The lowest BCUT2D eigenvalue weighted by Gasteiger charge is -1.97. The van der Waals surface area contributed by atoms with E-state index in [0.29, 0.717) is 6.54 Å². The van der Waals surface area contributed by atoms with E-state index in [1.54, 1.807) is 11.3 Å². The molecule has 0 aliphatic rings. The minimum absolute atomic E-state index is 0.542. The average Bonchev–Trinajstić information content (AvgIpc) is 2.74. The Bertz CT molecular complexity index is 428. The number of thiophene rings is 1. The van der Waals surface area contributed by atoms with Gasteiger partial charge in [-0.25, -0.2) is 0 Å². The summed E-state index contributed by atoms with van der Waals surface area (Å²) in [5.41, 5.74) is 9.02. The predicted octanol–water partition coefficient (Wildman–Crippen LogP) is 1.92. The molecule has 0 saturated heterocycles. The maximum absolute atomic E-state index is 5.66. The average molecular weight is 207 g/mol. The molecule has 2 rings (SSSR count). The van der Waals surface area contributed by atoms with E-state index in [2.05, 4.69) is 23.5 Å². The van der Waals surface area contributed by atoms with Gasteiger partial charge in [0.05, 0.1) is 10.6 Å². The van der Waals surface area contributed by atoms with Gasteiger partial charge in [0, 0.05) is 19.2 Å². The monoisotopic (exact) mass is 207 g/mol. The first-order valence-electron chi connectivity index (χ1n) is 4.50. The molecule has 0 saturated carbocycles. The molecule has 2 N–H and O–H groups in total. The number of rotatable bonds is 2. The van der Waals surface area contributed by atoms with Gasteiger partial charge in [0.2, 0.25) is 0 Å². The minimum atomic E-state index is 0.542. The molecule has 0 bridgehead atoms. The first kappa shape index (κ1) is 9.43. The van der Waals surface area contributed by atoms with E-state index in [1.807, 2.05) is 17.8 Å². The number of aromatic nitrogens is 2. The lowest BCUT2D eigenvalue weighted by molar-refractivity contribution is 0.712. The highest BCUT2D eigenvalue weighted by molar-refractivity contribution is 7.13. The smallest absolute Gasteiger partial charge is 0.105 e. The Labute approximate surface area is 87.2 Å². The van der Waals surface area contributed by atoms with Crippen LogP contribution in [-0.2, 0) is 13.6 Å². The maximum atomic E-state index is 5.66. The molecular formula is C10H13N3S. The number of hydrogen-bond acceptors (Lipinski definition) is 3. The summed E-state index contributed by atoms with van der Waals surface area (Å²) in [6, 6.07) is 4.12. The van der Waals surface area contributed by atoms with Crippen LogP contribution >= 0.6 is 11.3 Å². The molecule has 74 valence electrons. The van der Waals surface area contributed by atoms with Crippen molar-refractivity contribution in [3.05, 3.63) is 28.8 Å². The summed E-state index contributed by atoms with van der Waals surface area (Å²) >= 11 is 1.71. The highest BCUT2D eigenvalue weighted by atomic mass is 32.1. The van der Waals surface area contributed by atoms with Crippen molar-refractivity contribution in [2.75, 3.05) is 0 Å². The molecule has 0 radical (unpaired) electrons. The normalized spacial score (nSPS) is 10.8. The van der Waals surface area contributed by atoms with E-state index in [-0.39, 0.29) is 0 Å². The van der Waals surface area contributed by atoms with Crippen LogP contribution in [0.25, 0.3) is 10.6 Å². The van der Waals surface area contributed by atoms with Gasteiger partial charge in [-0.3, -0.25) is 4.68 Å². The Hall–Kier alpha value is -1.13. The number of hydrogen-bond donors (Lipinski definition) is 1. The van der Waals surface area contributed by atoms with E-state index in [0.717, 1.165) is 11.4 Å². The maximum Gasteiger partial charge on any atom is 0.105 e. The number of nitrogens with two attached hydrogens (primary N) is 1. The van der Waals surface area contributed by atoms with E-state index >= 15 is 0 Å². The van der Waals surface area contributed by atoms with Crippen LogP contribution in [-0.4, -0.2) is 9.78 Å². The van der Waals surface area contributed by atoms with Crippen LogP contribution in [0, 0.1) is 6.92 Å². The van der Waals surface area contributed by atoms with Crippen molar-refractivity contribution in [1.29, 1.82) is 0 Å². The van der Waals surface area contributed by atoms with Crippen LogP contribution in [0.15, 0.2) is 17.5 Å². The van der Waals surface area contributed by atoms with Gasteiger partial charge >= 0.3 is 0 Å². The molecule has 0 unspecified atom stereocenters. The van der Waals surface area contributed by atoms with Gasteiger partial charge in [-0.1, -0.05) is 6.07 Å². The summed E-state index contributed by atoms with van der Waals surface area (Å²) in [7, 11) is 1.94. The Morgan fingerprint density at radius 2 is 2.36 bits per heavy atom. The Morgan fingerprint density at radius 3 is 2.86 bits per heavy atom. The summed E-state index contributed by atoms with van der Waals surface area (Å²) < 4.78 is 1.87. The molecule has 0 aliphatic carbocycles. The highest BCUT2D eigenvalue weighted by Crippen LogP contribution is 2.27. The lowest BCUT2D eigenvalue weighted by Crippen LogP contribution is -2.05. The van der Waals surface area contributed by atoms with Crippen LogP contribution in [0.2, 0.25) is 0 Å². The molecule has 0 aliphatic heterocycles. The van der Waals surface area contributed by atoms with E-state index in [1.165, 1.54) is 10.4 Å². The SMILES string of the molecule is Cc1c(-c2cccs2)nn(C)c1CN. The second-order valence-corrected chi connectivity index (χ2v) is 4.17. The second kappa shape index (κ2) is 3.55. The van der Waals surface area contributed by atoms with Gasteiger partial charge in [0.15, 0.2) is 0 Å². The van der Waals surface area contributed by atoms with Crippen molar-refractivity contribution in [2.45, 2.75) is 13.5 Å². The van der Waals surface area contributed by atoms with Gasteiger partial charge in [-0.15, -0.1) is 11.3 Å². The highest BCUT2D eigenvalue weighted by Gasteiger charge is 2.12. The van der Waals surface area contributed by atoms with Crippen LogP contribution < -0.4 is 5.73 Å². The second-order valence-electron chi connectivity index (χ2n) is 3.23. The van der Waals surface area contributed by atoms with Gasteiger partial charge in [0.1, 0.15) is 5.69 Å². The third-order valence-corrected chi connectivity index (χ3v) is 3.25. The zero-order chi connectivity index (χ0) is 10.1. The van der Waals surface area contributed by atoms with Crippen molar-refractivity contribution >= 4 is 11.3 Å². The fourth-order valence-electron chi connectivity index (χ4n) is 1.60. The van der Waals surface area contributed by atoms with Crippen LogP contribution in [0.3, 0.4) is 0 Å². The summed E-state index contributed by atoms with van der Waals surface area (Å²) in [4.78, 5) is 1.21. The largest absolute Gasteiger partial charge is 0.325 e. The number of nitrogens with zero attached hydrogens (tertiary/aromatic N) is 2. The third kappa shape index (κ3) is 1.36. The topological polar surface area (TPSA) is 43.8 Å². The molecule has 2 aromatic heterocycles. The molecule has 2 aromatic rings. The zero-order valence-electron chi connectivity index (χ0n) is 8.32. The summed E-state index contributed by atoms with van der Waals surface area (Å²) in [6.45, 7) is 2.62.